The van der Waals surface area contributed by atoms with Crippen LogP contribution >= 0.6 is 0 Å². The van der Waals surface area contributed by atoms with Gasteiger partial charge < -0.3 is 4.42 Å². The molecule has 8 aromatic carbocycles. The summed E-state index contributed by atoms with van der Waals surface area (Å²) < 4.78 is 6.21. The number of benzene rings is 8. The SMILES string of the molecule is CC1(C)c2c(cccc2-c2c3ccccc3c(-c3ccc4oc5ccccc5c4c3)c3ccccc23)-c2ccc3ccccc3c21. The van der Waals surface area contributed by atoms with E-state index in [1.165, 1.54) is 76.8 Å². The van der Waals surface area contributed by atoms with Crippen molar-refractivity contribution in [1.29, 1.82) is 0 Å². The van der Waals surface area contributed by atoms with Gasteiger partial charge in [-0.05, 0) is 95.0 Å². The van der Waals surface area contributed by atoms with Gasteiger partial charge in [-0.15, -0.1) is 0 Å². The molecule has 1 aliphatic carbocycles. The van der Waals surface area contributed by atoms with Crippen molar-refractivity contribution in [3.63, 3.8) is 0 Å². The predicted octanol–water partition coefficient (Wildman–Crippen LogP) is 12.7. The molecule has 0 aliphatic heterocycles. The minimum atomic E-state index is -0.170. The van der Waals surface area contributed by atoms with Gasteiger partial charge in [0.25, 0.3) is 0 Å². The van der Waals surface area contributed by atoms with Gasteiger partial charge in [-0.25, -0.2) is 0 Å². The third-order valence-electron chi connectivity index (χ3n) is 10.4. The van der Waals surface area contributed by atoms with Gasteiger partial charge in [-0.3, -0.25) is 0 Å². The lowest BCUT2D eigenvalue weighted by Crippen LogP contribution is -2.17. The third kappa shape index (κ3) is 3.35. The summed E-state index contributed by atoms with van der Waals surface area (Å²) in [5, 5.41) is 10.0. The molecule has 46 heavy (non-hydrogen) atoms. The van der Waals surface area contributed by atoms with E-state index >= 15 is 0 Å². The van der Waals surface area contributed by atoms with E-state index in [-0.39, 0.29) is 5.41 Å². The van der Waals surface area contributed by atoms with E-state index in [1.807, 2.05) is 6.07 Å². The van der Waals surface area contributed by atoms with Gasteiger partial charge in [0.15, 0.2) is 0 Å². The van der Waals surface area contributed by atoms with Gasteiger partial charge in [0.05, 0.1) is 0 Å². The molecular formula is C45H30O. The Balaban J connectivity index is 1.30. The highest BCUT2D eigenvalue weighted by molar-refractivity contribution is 6.23. The van der Waals surface area contributed by atoms with Gasteiger partial charge in [0.1, 0.15) is 11.2 Å². The van der Waals surface area contributed by atoms with Crippen molar-refractivity contribution in [2.75, 3.05) is 0 Å². The van der Waals surface area contributed by atoms with Gasteiger partial charge in [-0.1, -0.05) is 141 Å². The molecule has 1 aromatic heterocycles. The Labute approximate surface area is 267 Å². The summed E-state index contributed by atoms with van der Waals surface area (Å²) in [7, 11) is 0. The summed E-state index contributed by atoms with van der Waals surface area (Å²) in [5.74, 6) is 0. The van der Waals surface area contributed by atoms with E-state index < -0.39 is 0 Å². The topological polar surface area (TPSA) is 13.1 Å². The minimum absolute atomic E-state index is 0.170. The lowest BCUT2D eigenvalue weighted by molar-refractivity contribution is 0.668. The van der Waals surface area contributed by atoms with Crippen molar-refractivity contribution < 1.29 is 4.42 Å². The van der Waals surface area contributed by atoms with Crippen LogP contribution < -0.4 is 0 Å². The number of hydrogen-bond donors (Lipinski definition) is 0. The van der Waals surface area contributed by atoms with Crippen LogP contribution in [0, 0.1) is 0 Å². The average Bonchev–Trinajstić information content (AvgIpc) is 3.59. The average molecular weight is 587 g/mol. The standard InChI is InChI=1S/C45H30O/c1-45(2)43-29-13-4-3-12-27(29)22-24-36(43)35-19-11-20-37(44(35)45)42-33-17-7-5-15-31(33)41(32-16-6-8-18-34(32)42)28-23-25-40-38(26-28)30-14-9-10-21-39(30)46-40/h3-26H,1-2H3. The van der Waals surface area contributed by atoms with Crippen LogP contribution in [-0.2, 0) is 5.41 Å². The van der Waals surface area contributed by atoms with E-state index in [4.69, 9.17) is 4.42 Å². The van der Waals surface area contributed by atoms with Crippen molar-refractivity contribution in [2.45, 2.75) is 19.3 Å². The fraction of sp³-hybridized carbons (Fsp3) is 0.0667. The second-order valence-corrected chi connectivity index (χ2v) is 13.2. The van der Waals surface area contributed by atoms with Crippen LogP contribution in [0.2, 0.25) is 0 Å². The van der Waals surface area contributed by atoms with E-state index in [0.29, 0.717) is 0 Å². The Hall–Kier alpha value is -5.66. The molecule has 0 bridgehead atoms. The molecule has 1 heteroatoms. The smallest absolute Gasteiger partial charge is 0.135 e. The monoisotopic (exact) mass is 586 g/mol. The molecule has 0 unspecified atom stereocenters. The molecule has 0 saturated heterocycles. The summed E-state index contributed by atoms with van der Waals surface area (Å²) in [6.07, 6.45) is 0. The first-order valence-electron chi connectivity index (χ1n) is 16.1. The Morgan fingerprint density at radius 1 is 0.391 bits per heavy atom. The molecule has 9 aromatic rings. The van der Waals surface area contributed by atoms with Crippen LogP contribution in [0.3, 0.4) is 0 Å². The van der Waals surface area contributed by atoms with Crippen LogP contribution in [-0.4, -0.2) is 0 Å². The van der Waals surface area contributed by atoms with Crippen molar-refractivity contribution in [3.8, 4) is 33.4 Å². The molecule has 0 amide bonds. The second-order valence-electron chi connectivity index (χ2n) is 13.2. The lowest BCUT2D eigenvalue weighted by Gasteiger charge is -2.27. The summed E-state index contributed by atoms with van der Waals surface area (Å²) in [6.45, 7) is 4.83. The van der Waals surface area contributed by atoms with Crippen LogP contribution in [0.5, 0.6) is 0 Å². The molecule has 0 saturated carbocycles. The molecule has 10 rings (SSSR count). The maximum atomic E-state index is 6.21. The number of para-hydroxylation sites is 1. The summed E-state index contributed by atoms with van der Waals surface area (Å²) >= 11 is 0. The molecule has 1 heterocycles. The molecule has 216 valence electrons. The molecule has 1 nitrogen and oxygen atoms in total. The molecule has 0 radical (unpaired) electrons. The van der Waals surface area contributed by atoms with Gasteiger partial charge in [-0.2, -0.15) is 0 Å². The first-order chi connectivity index (χ1) is 22.6. The fourth-order valence-electron chi connectivity index (χ4n) is 8.56. The summed E-state index contributed by atoms with van der Waals surface area (Å²) in [5.41, 5.74) is 12.3. The maximum absolute atomic E-state index is 6.21. The number of hydrogen-bond acceptors (Lipinski definition) is 1. The largest absolute Gasteiger partial charge is 0.456 e. The predicted molar refractivity (Wildman–Crippen MR) is 195 cm³/mol. The third-order valence-corrected chi connectivity index (χ3v) is 10.4. The zero-order valence-electron chi connectivity index (χ0n) is 25.8. The van der Waals surface area contributed by atoms with E-state index in [1.54, 1.807) is 0 Å². The fourth-order valence-corrected chi connectivity index (χ4v) is 8.56. The van der Waals surface area contributed by atoms with Crippen LogP contribution in [0.1, 0.15) is 25.0 Å². The number of fused-ring (bicyclic) bond motifs is 10. The van der Waals surface area contributed by atoms with Gasteiger partial charge in [0, 0.05) is 16.2 Å². The summed E-state index contributed by atoms with van der Waals surface area (Å²) in [6, 6.07) is 53.4. The Morgan fingerprint density at radius 2 is 0.957 bits per heavy atom. The minimum Gasteiger partial charge on any atom is -0.456 e. The highest BCUT2D eigenvalue weighted by atomic mass is 16.3. The summed E-state index contributed by atoms with van der Waals surface area (Å²) in [4.78, 5) is 0. The number of furan rings is 1. The van der Waals surface area contributed by atoms with E-state index in [0.717, 1.165) is 21.9 Å². The van der Waals surface area contributed by atoms with Crippen molar-refractivity contribution in [1.82, 2.24) is 0 Å². The highest BCUT2D eigenvalue weighted by Gasteiger charge is 2.39. The molecule has 0 N–H and O–H groups in total. The van der Waals surface area contributed by atoms with Crippen molar-refractivity contribution >= 4 is 54.3 Å². The quantitative estimate of drug-likeness (QED) is 0.184. The lowest BCUT2D eigenvalue weighted by atomic mass is 9.76. The first kappa shape index (κ1) is 25.6. The molecule has 0 spiro atoms. The van der Waals surface area contributed by atoms with Crippen molar-refractivity contribution in [2.24, 2.45) is 0 Å². The zero-order chi connectivity index (χ0) is 30.6. The van der Waals surface area contributed by atoms with Crippen LogP contribution in [0.25, 0.3) is 87.6 Å². The van der Waals surface area contributed by atoms with Crippen LogP contribution in [0.15, 0.2) is 150 Å². The van der Waals surface area contributed by atoms with Crippen LogP contribution in [0.4, 0.5) is 0 Å². The maximum Gasteiger partial charge on any atom is 0.135 e. The molecule has 0 fully saturated rings. The first-order valence-corrected chi connectivity index (χ1v) is 16.1. The second kappa shape index (κ2) is 9.19. The number of rotatable bonds is 2. The Bertz CT molecular complexity index is 2660. The zero-order valence-corrected chi connectivity index (χ0v) is 25.8. The normalized spacial score (nSPS) is 13.6. The molecule has 1 aliphatic rings. The highest BCUT2D eigenvalue weighted by Crippen LogP contribution is 2.56. The van der Waals surface area contributed by atoms with Crippen molar-refractivity contribution in [3.05, 3.63) is 157 Å². The van der Waals surface area contributed by atoms with Gasteiger partial charge in [0.2, 0.25) is 0 Å². The molecule has 0 atom stereocenters. The Kier molecular flexibility index (Phi) is 5.12. The van der Waals surface area contributed by atoms with E-state index in [9.17, 15) is 0 Å². The van der Waals surface area contributed by atoms with E-state index in [2.05, 4.69) is 153 Å². The molecular weight excluding hydrogens is 556 g/mol. The Morgan fingerprint density at radius 3 is 1.70 bits per heavy atom. The van der Waals surface area contributed by atoms with Gasteiger partial charge >= 0.3 is 0 Å².